The molecule has 0 spiro atoms. The minimum Gasteiger partial charge on any atom is -0.507 e. The first-order valence-corrected chi connectivity index (χ1v) is 11.7. The van der Waals surface area contributed by atoms with Crippen LogP contribution in [0, 0.1) is 0 Å². The van der Waals surface area contributed by atoms with Crippen molar-refractivity contribution in [3.05, 3.63) is 83.7 Å². The van der Waals surface area contributed by atoms with E-state index in [1.807, 2.05) is 25.1 Å². The summed E-state index contributed by atoms with van der Waals surface area (Å²) in [7, 11) is 1.56. The Bertz CT molecular complexity index is 1450. The number of anilines is 1. The molecule has 4 aromatic rings. The highest BCUT2D eigenvalue weighted by molar-refractivity contribution is 7.22. The minimum absolute atomic E-state index is 0.0133. The average Bonchev–Trinajstić information content (AvgIpc) is 3.42. The number of thiazole rings is 1. The van der Waals surface area contributed by atoms with Crippen LogP contribution in [0.2, 0.25) is 0 Å². The Kier molecular flexibility index (Phi) is 5.92. The van der Waals surface area contributed by atoms with Crippen LogP contribution in [-0.4, -0.2) is 40.5 Å². The Hall–Kier alpha value is -4.24. The lowest BCUT2D eigenvalue weighted by molar-refractivity contribution is -0.132. The average molecular weight is 488 g/mol. The summed E-state index contributed by atoms with van der Waals surface area (Å²) in [5.41, 5.74) is 1.69. The molecule has 2 aromatic carbocycles. The van der Waals surface area contributed by atoms with E-state index >= 15 is 0 Å². The third kappa shape index (κ3) is 4.00. The molecule has 5 rings (SSSR count). The Morgan fingerprint density at radius 3 is 2.46 bits per heavy atom. The maximum atomic E-state index is 13.3. The Balaban J connectivity index is 1.69. The molecular weight excluding hydrogens is 466 g/mol. The number of pyridine rings is 1. The van der Waals surface area contributed by atoms with Crippen molar-refractivity contribution in [1.82, 2.24) is 9.97 Å². The second kappa shape index (κ2) is 9.19. The summed E-state index contributed by atoms with van der Waals surface area (Å²) in [5, 5.41) is 11.5. The molecule has 8 nitrogen and oxygen atoms in total. The SMILES string of the molecule is CCOc1ccc2nc(N3C(=O)C(=O)C(=C(O)c4ccncc4)C3c3ccc(OC)cc3)sc2c1. The van der Waals surface area contributed by atoms with Crippen LogP contribution in [0.3, 0.4) is 0 Å². The van der Waals surface area contributed by atoms with Gasteiger partial charge in [0.2, 0.25) is 0 Å². The first kappa shape index (κ1) is 22.5. The summed E-state index contributed by atoms with van der Waals surface area (Å²) in [4.78, 5) is 36.6. The molecule has 1 aliphatic heterocycles. The van der Waals surface area contributed by atoms with Crippen molar-refractivity contribution in [1.29, 1.82) is 0 Å². The fraction of sp³-hybridized carbons (Fsp3) is 0.154. The van der Waals surface area contributed by atoms with Crippen molar-refractivity contribution in [2.45, 2.75) is 13.0 Å². The zero-order chi connectivity index (χ0) is 24.5. The molecule has 1 atom stereocenters. The molecule has 0 radical (unpaired) electrons. The van der Waals surface area contributed by atoms with Gasteiger partial charge in [-0.25, -0.2) is 4.98 Å². The number of nitrogens with zero attached hydrogens (tertiary/aromatic N) is 3. The predicted molar refractivity (Wildman–Crippen MR) is 133 cm³/mol. The zero-order valence-electron chi connectivity index (χ0n) is 19.0. The summed E-state index contributed by atoms with van der Waals surface area (Å²) in [6, 6.07) is 14.8. The maximum Gasteiger partial charge on any atom is 0.301 e. The Morgan fingerprint density at radius 2 is 1.77 bits per heavy atom. The van der Waals surface area contributed by atoms with E-state index in [1.54, 1.807) is 43.5 Å². The summed E-state index contributed by atoms with van der Waals surface area (Å²) in [6.45, 7) is 2.43. The number of ether oxygens (including phenoxy) is 2. The number of ketones is 1. The molecule has 1 unspecified atom stereocenters. The van der Waals surface area contributed by atoms with E-state index in [0.717, 1.165) is 4.70 Å². The number of amides is 1. The van der Waals surface area contributed by atoms with Gasteiger partial charge in [-0.3, -0.25) is 19.5 Å². The van der Waals surface area contributed by atoms with Crippen molar-refractivity contribution in [3.8, 4) is 11.5 Å². The summed E-state index contributed by atoms with van der Waals surface area (Å²) in [6.07, 6.45) is 3.02. The molecule has 1 amide bonds. The monoisotopic (exact) mass is 487 g/mol. The molecule has 9 heteroatoms. The number of aromatic nitrogens is 2. The van der Waals surface area contributed by atoms with Crippen molar-refractivity contribution in [2.24, 2.45) is 0 Å². The first-order chi connectivity index (χ1) is 17.0. The molecule has 0 saturated carbocycles. The van der Waals surface area contributed by atoms with Crippen molar-refractivity contribution >= 4 is 44.1 Å². The molecule has 176 valence electrons. The fourth-order valence-corrected chi connectivity index (χ4v) is 5.07. The van der Waals surface area contributed by atoms with Gasteiger partial charge in [-0.2, -0.15) is 0 Å². The third-order valence-corrected chi connectivity index (χ3v) is 6.71. The van der Waals surface area contributed by atoms with Crippen LogP contribution in [0.4, 0.5) is 5.13 Å². The number of methoxy groups -OCH3 is 1. The van der Waals surface area contributed by atoms with E-state index in [0.29, 0.717) is 39.9 Å². The number of carbonyl (C=O) groups is 2. The molecule has 3 heterocycles. The number of carbonyl (C=O) groups excluding carboxylic acids is 2. The summed E-state index contributed by atoms with van der Waals surface area (Å²) in [5.74, 6) is -0.487. The lowest BCUT2D eigenvalue weighted by atomic mass is 9.95. The zero-order valence-corrected chi connectivity index (χ0v) is 19.8. The standard InChI is InChI=1S/C26H21N3O5S/c1-3-34-18-8-9-19-20(14-18)35-26(28-19)29-22(15-4-6-17(33-2)7-5-15)21(24(31)25(29)32)23(30)16-10-12-27-13-11-16/h4-14,22,30H,3H2,1-2H3. The molecule has 35 heavy (non-hydrogen) atoms. The van der Waals surface area contributed by atoms with Crippen molar-refractivity contribution < 1.29 is 24.2 Å². The Morgan fingerprint density at radius 1 is 1.06 bits per heavy atom. The van der Waals surface area contributed by atoms with Crippen molar-refractivity contribution in [2.75, 3.05) is 18.6 Å². The molecule has 1 N–H and O–H groups in total. The van der Waals surface area contributed by atoms with Gasteiger partial charge in [0, 0.05) is 18.0 Å². The number of aliphatic hydroxyl groups is 1. The van der Waals surface area contributed by atoms with Gasteiger partial charge in [0.1, 0.15) is 17.3 Å². The largest absolute Gasteiger partial charge is 0.507 e. The second-order valence-electron chi connectivity index (χ2n) is 7.74. The van der Waals surface area contributed by atoms with E-state index in [9.17, 15) is 14.7 Å². The minimum atomic E-state index is -0.874. The number of hydrogen-bond donors (Lipinski definition) is 1. The van der Waals surface area contributed by atoms with E-state index in [4.69, 9.17) is 9.47 Å². The third-order valence-electron chi connectivity index (χ3n) is 5.70. The molecule has 0 aliphatic carbocycles. The van der Waals surface area contributed by atoms with Gasteiger partial charge in [-0.1, -0.05) is 23.5 Å². The quantitative estimate of drug-likeness (QED) is 0.238. The van der Waals surface area contributed by atoms with E-state index in [2.05, 4.69) is 9.97 Å². The fourth-order valence-electron chi connectivity index (χ4n) is 4.05. The van der Waals surface area contributed by atoms with Crippen LogP contribution >= 0.6 is 11.3 Å². The van der Waals surface area contributed by atoms with Crippen LogP contribution in [0.25, 0.3) is 16.0 Å². The predicted octanol–water partition coefficient (Wildman–Crippen LogP) is 4.72. The number of fused-ring (bicyclic) bond motifs is 1. The maximum absolute atomic E-state index is 13.3. The normalized spacial score (nSPS) is 17.2. The van der Waals surface area contributed by atoms with E-state index in [-0.39, 0.29) is 11.3 Å². The van der Waals surface area contributed by atoms with Gasteiger partial charge in [0.25, 0.3) is 5.78 Å². The molecule has 1 aliphatic rings. The lowest BCUT2D eigenvalue weighted by Crippen LogP contribution is -2.29. The highest BCUT2D eigenvalue weighted by Crippen LogP contribution is 2.44. The molecule has 0 bridgehead atoms. The van der Waals surface area contributed by atoms with Crippen LogP contribution in [0.5, 0.6) is 11.5 Å². The Labute approximate surface area is 205 Å². The lowest BCUT2D eigenvalue weighted by Gasteiger charge is -2.23. The van der Waals surface area contributed by atoms with Crippen molar-refractivity contribution in [3.63, 3.8) is 0 Å². The van der Waals surface area contributed by atoms with Gasteiger partial charge in [0.05, 0.1) is 35.5 Å². The van der Waals surface area contributed by atoms with E-state index < -0.39 is 17.7 Å². The molecule has 1 fully saturated rings. The number of benzene rings is 2. The van der Waals surface area contributed by atoms with Gasteiger partial charge >= 0.3 is 5.91 Å². The number of Topliss-reactive ketones (excluding diaryl/α,β-unsaturated/α-hetero) is 1. The highest BCUT2D eigenvalue weighted by Gasteiger charge is 2.48. The summed E-state index contributed by atoms with van der Waals surface area (Å²) < 4.78 is 11.7. The van der Waals surface area contributed by atoms with Gasteiger partial charge in [0.15, 0.2) is 5.13 Å². The molecular formula is C26H21N3O5S. The van der Waals surface area contributed by atoms with Crippen LogP contribution in [0.15, 0.2) is 72.6 Å². The van der Waals surface area contributed by atoms with Crippen LogP contribution in [0.1, 0.15) is 24.1 Å². The number of rotatable bonds is 6. The van der Waals surface area contributed by atoms with Gasteiger partial charge in [-0.05, 0) is 55.0 Å². The first-order valence-electron chi connectivity index (χ1n) is 10.9. The summed E-state index contributed by atoms with van der Waals surface area (Å²) >= 11 is 1.28. The van der Waals surface area contributed by atoms with Gasteiger partial charge < -0.3 is 14.6 Å². The smallest absolute Gasteiger partial charge is 0.301 e. The van der Waals surface area contributed by atoms with Crippen LogP contribution < -0.4 is 14.4 Å². The molecule has 2 aromatic heterocycles. The number of hydrogen-bond acceptors (Lipinski definition) is 8. The second-order valence-corrected chi connectivity index (χ2v) is 8.75. The number of aliphatic hydroxyl groups excluding tert-OH is 1. The van der Waals surface area contributed by atoms with Gasteiger partial charge in [-0.15, -0.1) is 0 Å². The molecule has 1 saturated heterocycles. The van der Waals surface area contributed by atoms with Crippen LogP contribution in [-0.2, 0) is 9.59 Å². The topological polar surface area (TPSA) is 102 Å². The highest BCUT2D eigenvalue weighted by atomic mass is 32.1. The van der Waals surface area contributed by atoms with E-state index in [1.165, 1.54) is 28.6 Å².